The second-order valence-corrected chi connectivity index (χ2v) is 10.6. The van der Waals surface area contributed by atoms with E-state index in [-0.39, 0.29) is 0 Å². The van der Waals surface area contributed by atoms with Gasteiger partial charge < -0.3 is 15.5 Å². The lowest BCUT2D eigenvalue weighted by molar-refractivity contribution is 0.203. The first kappa shape index (κ1) is 21.9. The highest BCUT2D eigenvalue weighted by Gasteiger charge is 2.32. The molecule has 1 aromatic carbocycles. The molecule has 0 bridgehead atoms. The molecule has 3 aromatic rings. The van der Waals surface area contributed by atoms with Crippen LogP contribution in [0.25, 0.3) is 0 Å². The maximum atomic E-state index is 6.37. The minimum atomic E-state index is 0.460. The third-order valence-corrected chi connectivity index (χ3v) is 7.77. The molecule has 2 aromatic heterocycles. The van der Waals surface area contributed by atoms with Crippen LogP contribution in [0.1, 0.15) is 72.7 Å². The molecular formula is C26H32ClN7. The number of benzene rings is 1. The maximum absolute atomic E-state index is 6.37. The van der Waals surface area contributed by atoms with Crippen LogP contribution in [0.15, 0.2) is 24.4 Å². The average molecular weight is 478 g/mol. The van der Waals surface area contributed by atoms with Crippen molar-refractivity contribution >= 4 is 34.9 Å². The van der Waals surface area contributed by atoms with Crippen LogP contribution in [0.3, 0.4) is 0 Å². The van der Waals surface area contributed by atoms with Gasteiger partial charge in [-0.15, -0.1) is 0 Å². The molecule has 3 aliphatic rings. The molecule has 8 heteroatoms. The first-order valence-electron chi connectivity index (χ1n) is 12.5. The fourth-order valence-electron chi connectivity index (χ4n) is 5.19. The quantitative estimate of drug-likeness (QED) is 0.377. The summed E-state index contributed by atoms with van der Waals surface area (Å²) in [4.78, 5) is 11.7. The number of aromatic nitrogens is 4. The normalized spacial score (nSPS) is 19.4. The van der Waals surface area contributed by atoms with Gasteiger partial charge in [0.25, 0.3) is 0 Å². The van der Waals surface area contributed by atoms with E-state index in [0.29, 0.717) is 28.6 Å². The van der Waals surface area contributed by atoms with E-state index in [1.54, 1.807) is 6.20 Å². The van der Waals surface area contributed by atoms with Crippen molar-refractivity contribution in [2.45, 2.75) is 70.3 Å². The summed E-state index contributed by atoms with van der Waals surface area (Å²) in [5.41, 5.74) is 6.22. The van der Waals surface area contributed by atoms with Crippen molar-refractivity contribution in [1.82, 2.24) is 25.1 Å². The molecule has 178 valence electrons. The molecule has 3 N–H and O–H groups in total. The van der Waals surface area contributed by atoms with E-state index in [1.165, 1.54) is 68.3 Å². The van der Waals surface area contributed by atoms with Gasteiger partial charge in [0.2, 0.25) is 5.95 Å². The Morgan fingerprint density at radius 2 is 1.74 bits per heavy atom. The molecule has 0 radical (unpaired) electrons. The standard InChI is InChI=1S/C26H32ClN7/c1-15-12-22(16(2)11-20(15)17-7-9-34(10-8-17)19-5-6-19)29-26-28-14-21(27)25(31-26)30-24-13-23(32-33-24)18-3-4-18/h11-14,17-19H,3-10H2,1-2H3,(H3,28,29,30,31,32,33). The zero-order valence-electron chi connectivity index (χ0n) is 19.9. The van der Waals surface area contributed by atoms with Crippen LogP contribution in [0.4, 0.5) is 23.3 Å². The van der Waals surface area contributed by atoms with Gasteiger partial charge in [-0.2, -0.15) is 10.1 Å². The van der Waals surface area contributed by atoms with Gasteiger partial charge in [0.15, 0.2) is 11.6 Å². The summed E-state index contributed by atoms with van der Waals surface area (Å²) in [7, 11) is 0. The van der Waals surface area contributed by atoms with Crippen molar-refractivity contribution < 1.29 is 0 Å². The first-order valence-corrected chi connectivity index (χ1v) is 12.9. The summed E-state index contributed by atoms with van der Waals surface area (Å²) < 4.78 is 0. The number of piperidine rings is 1. The number of nitrogens with one attached hydrogen (secondary N) is 3. The van der Waals surface area contributed by atoms with Crippen molar-refractivity contribution in [3.05, 3.63) is 51.8 Å². The van der Waals surface area contributed by atoms with Crippen molar-refractivity contribution in [2.75, 3.05) is 23.7 Å². The van der Waals surface area contributed by atoms with Crippen molar-refractivity contribution in [3.8, 4) is 0 Å². The first-order chi connectivity index (χ1) is 16.5. The highest BCUT2D eigenvalue weighted by atomic mass is 35.5. The minimum absolute atomic E-state index is 0.460. The van der Waals surface area contributed by atoms with Gasteiger partial charge in [0, 0.05) is 29.4 Å². The summed E-state index contributed by atoms with van der Waals surface area (Å²) in [6.45, 7) is 6.85. The van der Waals surface area contributed by atoms with Gasteiger partial charge in [-0.1, -0.05) is 17.7 Å². The number of likely N-dealkylation sites (tertiary alicyclic amines) is 1. The molecule has 1 saturated heterocycles. The lowest BCUT2D eigenvalue weighted by Crippen LogP contribution is -2.34. The topological polar surface area (TPSA) is 81.8 Å². The van der Waals surface area contributed by atoms with E-state index in [0.717, 1.165) is 23.2 Å². The maximum Gasteiger partial charge on any atom is 0.229 e. The predicted octanol–water partition coefficient (Wildman–Crippen LogP) is 6.18. The summed E-state index contributed by atoms with van der Waals surface area (Å²) >= 11 is 6.37. The van der Waals surface area contributed by atoms with Crippen LogP contribution in [0.2, 0.25) is 5.02 Å². The summed E-state index contributed by atoms with van der Waals surface area (Å²) in [6, 6.07) is 7.50. The molecule has 34 heavy (non-hydrogen) atoms. The van der Waals surface area contributed by atoms with Gasteiger partial charge in [-0.25, -0.2) is 4.98 Å². The molecule has 3 heterocycles. The van der Waals surface area contributed by atoms with Crippen LogP contribution >= 0.6 is 11.6 Å². The van der Waals surface area contributed by atoms with E-state index < -0.39 is 0 Å². The zero-order valence-corrected chi connectivity index (χ0v) is 20.6. The van der Waals surface area contributed by atoms with E-state index >= 15 is 0 Å². The van der Waals surface area contributed by atoms with Crippen molar-refractivity contribution in [2.24, 2.45) is 0 Å². The van der Waals surface area contributed by atoms with Crippen molar-refractivity contribution in [1.29, 1.82) is 0 Å². The predicted molar refractivity (Wildman–Crippen MR) is 137 cm³/mol. The van der Waals surface area contributed by atoms with E-state index in [4.69, 9.17) is 11.6 Å². The van der Waals surface area contributed by atoms with Gasteiger partial charge in [-0.05, 0) is 94.1 Å². The summed E-state index contributed by atoms with van der Waals surface area (Å²) in [5, 5.41) is 14.5. The Balaban J connectivity index is 1.16. The smallest absolute Gasteiger partial charge is 0.229 e. The number of hydrogen-bond donors (Lipinski definition) is 3. The Labute approximate surface area is 205 Å². The Hall–Kier alpha value is -2.64. The fourth-order valence-corrected chi connectivity index (χ4v) is 5.33. The zero-order chi connectivity index (χ0) is 23.2. The molecule has 6 rings (SSSR count). The third-order valence-electron chi connectivity index (χ3n) is 7.50. The number of aromatic amines is 1. The Morgan fingerprint density at radius 1 is 0.941 bits per heavy atom. The number of H-pyrrole nitrogens is 1. The average Bonchev–Trinajstić information content (AvgIpc) is 3.77. The minimum Gasteiger partial charge on any atom is -0.324 e. The Morgan fingerprint density at radius 3 is 2.47 bits per heavy atom. The van der Waals surface area contributed by atoms with Gasteiger partial charge in [0.05, 0.1) is 6.20 Å². The van der Waals surface area contributed by atoms with E-state index in [9.17, 15) is 0 Å². The second-order valence-electron chi connectivity index (χ2n) is 10.2. The SMILES string of the molecule is Cc1cc(C2CCN(C3CC3)CC2)c(C)cc1Nc1ncc(Cl)c(Nc2cc(C3CC3)[nH]n2)n1. The Kier molecular flexibility index (Phi) is 5.70. The van der Waals surface area contributed by atoms with Crippen LogP contribution in [0, 0.1) is 13.8 Å². The molecule has 0 spiro atoms. The number of rotatable bonds is 7. The van der Waals surface area contributed by atoms with Gasteiger partial charge in [-0.3, -0.25) is 5.10 Å². The molecular weight excluding hydrogens is 446 g/mol. The molecule has 7 nitrogen and oxygen atoms in total. The second kappa shape index (κ2) is 8.86. The van der Waals surface area contributed by atoms with E-state index in [2.05, 4.69) is 61.7 Å². The van der Waals surface area contributed by atoms with Crippen LogP contribution in [-0.2, 0) is 0 Å². The fraction of sp³-hybridized carbons (Fsp3) is 0.500. The summed E-state index contributed by atoms with van der Waals surface area (Å²) in [6.07, 6.45) is 9.38. The number of halogens is 1. The monoisotopic (exact) mass is 477 g/mol. The number of aryl methyl sites for hydroxylation is 2. The number of anilines is 4. The molecule has 2 aliphatic carbocycles. The lowest BCUT2D eigenvalue weighted by Gasteiger charge is -2.33. The van der Waals surface area contributed by atoms with E-state index in [1.807, 2.05) is 6.07 Å². The van der Waals surface area contributed by atoms with Crippen molar-refractivity contribution in [3.63, 3.8) is 0 Å². The number of nitrogens with zero attached hydrogens (tertiary/aromatic N) is 4. The third kappa shape index (κ3) is 4.64. The molecule has 0 atom stereocenters. The molecule has 0 amide bonds. The summed E-state index contributed by atoms with van der Waals surface area (Å²) in [5.74, 6) is 3.04. The van der Waals surface area contributed by atoms with Gasteiger partial charge in [0.1, 0.15) is 5.02 Å². The number of hydrogen-bond acceptors (Lipinski definition) is 6. The van der Waals surface area contributed by atoms with Crippen LogP contribution in [-0.4, -0.2) is 44.2 Å². The highest BCUT2D eigenvalue weighted by Crippen LogP contribution is 2.40. The van der Waals surface area contributed by atoms with Gasteiger partial charge >= 0.3 is 0 Å². The largest absolute Gasteiger partial charge is 0.324 e. The molecule has 1 aliphatic heterocycles. The highest BCUT2D eigenvalue weighted by molar-refractivity contribution is 6.32. The molecule has 3 fully saturated rings. The Bertz CT molecular complexity index is 1190. The van der Waals surface area contributed by atoms with Crippen LogP contribution in [0.5, 0.6) is 0 Å². The lowest BCUT2D eigenvalue weighted by atomic mass is 9.85. The molecule has 2 saturated carbocycles. The van der Waals surface area contributed by atoms with Crippen LogP contribution < -0.4 is 10.6 Å². The molecule has 0 unspecified atom stereocenters.